The highest BCUT2D eigenvalue weighted by Gasteiger charge is 2.52. The number of hydrogen-bond donors (Lipinski definition) is 1. The van der Waals surface area contributed by atoms with Gasteiger partial charge < -0.3 is 28.8 Å². The van der Waals surface area contributed by atoms with E-state index in [4.69, 9.17) is 23.7 Å². The Morgan fingerprint density at radius 2 is 1.48 bits per heavy atom. The molecule has 4 heterocycles. The molecule has 0 bridgehead atoms. The molecule has 4 aliphatic rings. The molecule has 0 aliphatic carbocycles. The smallest absolute Gasteiger partial charge is 0.345 e. The first-order chi connectivity index (χ1) is 12.9. The number of rotatable bonds is 1. The molecule has 0 aromatic heterocycles. The van der Waals surface area contributed by atoms with Gasteiger partial charge in [0.1, 0.15) is 22.8 Å². The van der Waals surface area contributed by atoms with Crippen molar-refractivity contribution in [1.29, 1.82) is 0 Å². The highest BCUT2D eigenvalue weighted by Crippen LogP contribution is 2.55. The average molecular weight is 376 g/mol. The number of aromatic hydroxyl groups is 1. The van der Waals surface area contributed by atoms with Crippen LogP contribution in [-0.2, 0) is 27.1 Å². The Morgan fingerprint density at radius 3 is 1.93 bits per heavy atom. The van der Waals surface area contributed by atoms with E-state index in [2.05, 4.69) is 0 Å². The van der Waals surface area contributed by atoms with Crippen molar-refractivity contribution in [3.63, 3.8) is 0 Å². The summed E-state index contributed by atoms with van der Waals surface area (Å²) < 4.78 is 29.0. The monoisotopic (exact) mass is 376 g/mol. The largest absolute Gasteiger partial charge is 0.507 e. The summed E-state index contributed by atoms with van der Waals surface area (Å²) in [5, 5.41) is 11.1. The van der Waals surface area contributed by atoms with E-state index in [-0.39, 0.29) is 23.1 Å². The summed E-state index contributed by atoms with van der Waals surface area (Å²) in [6.45, 7) is 4.94. The fraction of sp³-hybridized carbons (Fsp3) is 0.650. The van der Waals surface area contributed by atoms with Gasteiger partial charge in [-0.05, 0) is 25.7 Å². The fourth-order valence-corrected chi connectivity index (χ4v) is 4.96. The van der Waals surface area contributed by atoms with E-state index in [9.17, 15) is 9.90 Å². The number of methoxy groups -OCH3 is 1. The van der Waals surface area contributed by atoms with E-state index in [0.29, 0.717) is 48.7 Å². The first-order valence-corrected chi connectivity index (χ1v) is 9.51. The fourth-order valence-electron chi connectivity index (χ4n) is 4.96. The summed E-state index contributed by atoms with van der Waals surface area (Å²) in [5.41, 5.74) is 1.51. The van der Waals surface area contributed by atoms with Crippen LogP contribution in [0.3, 0.4) is 0 Å². The Hall–Kier alpha value is -1.99. The van der Waals surface area contributed by atoms with E-state index in [0.717, 1.165) is 12.8 Å². The molecule has 1 aromatic carbocycles. The van der Waals surface area contributed by atoms with Gasteiger partial charge in [-0.3, -0.25) is 0 Å². The van der Waals surface area contributed by atoms with Crippen LogP contribution in [0.2, 0.25) is 0 Å². The zero-order chi connectivity index (χ0) is 19.0. The molecule has 1 aromatic rings. The van der Waals surface area contributed by atoms with Crippen LogP contribution < -0.4 is 9.47 Å². The maximum Gasteiger partial charge on any atom is 0.345 e. The molecular weight excluding hydrogens is 352 g/mol. The lowest BCUT2D eigenvalue weighted by Crippen LogP contribution is -2.45. The molecule has 0 radical (unpaired) electrons. The van der Waals surface area contributed by atoms with Gasteiger partial charge in [0.2, 0.25) is 11.6 Å². The lowest BCUT2D eigenvalue weighted by molar-refractivity contribution is -0.170. The number of carbonyl (C=O) groups is 1. The molecule has 27 heavy (non-hydrogen) atoms. The summed E-state index contributed by atoms with van der Waals surface area (Å²) in [7, 11) is 1.33. The third-order valence-corrected chi connectivity index (χ3v) is 6.67. The SMILES string of the molecule is COC(=O)c1c2c(c(O)c3c1O[C@@]1(C)OCC[C@H]1C3)CC1CCOC1(C)O2. The molecule has 0 spiro atoms. The van der Waals surface area contributed by atoms with Gasteiger partial charge in [0.05, 0.1) is 20.3 Å². The van der Waals surface area contributed by atoms with Crippen molar-refractivity contribution in [3.8, 4) is 17.2 Å². The minimum atomic E-state index is -0.818. The van der Waals surface area contributed by atoms with Gasteiger partial charge in [-0.15, -0.1) is 0 Å². The third-order valence-electron chi connectivity index (χ3n) is 6.67. The van der Waals surface area contributed by atoms with Crippen LogP contribution in [0.4, 0.5) is 0 Å². The summed E-state index contributed by atoms with van der Waals surface area (Å²) >= 11 is 0. The molecule has 2 unspecified atom stereocenters. The quantitative estimate of drug-likeness (QED) is 0.754. The number of phenolic OH excluding ortho intramolecular Hbond substituents is 1. The van der Waals surface area contributed by atoms with Gasteiger partial charge in [-0.25, -0.2) is 4.79 Å². The number of benzene rings is 1. The van der Waals surface area contributed by atoms with Gasteiger partial charge in [0.25, 0.3) is 0 Å². The van der Waals surface area contributed by atoms with Gasteiger partial charge >= 0.3 is 5.97 Å². The molecule has 0 amide bonds. The molecule has 0 saturated carbocycles. The van der Waals surface area contributed by atoms with Crippen molar-refractivity contribution in [1.82, 2.24) is 0 Å². The van der Waals surface area contributed by atoms with Crippen LogP contribution in [0, 0.1) is 11.8 Å². The molecule has 4 atom stereocenters. The number of phenols is 1. The van der Waals surface area contributed by atoms with Crippen LogP contribution in [0.25, 0.3) is 0 Å². The van der Waals surface area contributed by atoms with Crippen molar-refractivity contribution < 1.29 is 33.6 Å². The second kappa shape index (κ2) is 5.52. The maximum absolute atomic E-state index is 12.7. The van der Waals surface area contributed by atoms with Crippen molar-refractivity contribution in [2.75, 3.05) is 20.3 Å². The normalized spacial score (nSPS) is 36.0. The topological polar surface area (TPSA) is 83.5 Å². The van der Waals surface area contributed by atoms with Crippen molar-refractivity contribution in [3.05, 3.63) is 16.7 Å². The standard InChI is InChI=1S/C20H24O7/c1-19-10(4-6-24-19)8-12-15(21)13-9-11-5-7-25-20(11,2)27-17(13)14(16(12)26-19)18(22)23-3/h10-11,21H,4-9H2,1-3H3/t10-,11?,19+,20?/m0/s1. The Morgan fingerprint density at radius 1 is 1.00 bits per heavy atom. The second-order valence-electron chi connectivity index (χ2n) is 8.14. The van der Waals surface area contributed by atoms with Gasteiger partial charge in [0.15, 0.2) is 0 Å². The first kappa shape index (κ1) is 17.1. The predicted molar refractivity (Wildman–Crippen MR) is 93.0 cm³/mol. The van der Waals surface area contributed by atoms with Crippen molar-refractivity contribution in [2.24, 2.45) is 11.8 Å². The molecule has 1 N–H and O–H groups in total. The van der Waals surface area contributed by atoms with Crippen LogP contribution in [-0.4, -0.2) is 43.0 Å². The molecule has 4 aliphatic heterocycles. The third kappa shape index (κ3) is 2.24. The minimum absolute atomic E-state index is 0.129. The number of fused-ring (bicyclic) bond motifs is 4. The van der Waals surface area contributed by atoms with Crippen molar-refractivity contribution >= 4 is 5.97 Å². The van der Waals surface area contributed by atoms with Gasteiger partial charge in [0, 0.05) is 36.8 Å². The molecule has 5 rings (SSSR count). The number of carbonyl (C=O) groups excluding carboxylic acids is 1. The Bertz CT molecular complexity index is 777. The first-order valence-electron chi connectivity index (χ1n) is 9.51. The van der Waals surface area contributed by atoms with E-state index >= 15 is 0 Å². The van der Waals surface area contributed by atoms with Gasteiger partial charge in [-0.2, -0.15) is 0 Å². The zero-order valence-electron chi connectivity index (χ0n) is 15.8. The van der Waals surface area contributed by atoms with Crippen molar-refractivity contribution in [2.45, 2.75) is 51.1 Å². The maximum atomic E-state index is 12.7. The minimum Gasteiger partial charge on any atom is -0.507 e. The van der Waals surface area contributed by atoms with E-state index in [1.165, 1.54) is 7.11 Å². The molecule has 2 fully saturated rings. The molecule has 146 valence electrons. The summed E-state index contributed by atoms with van der Waals surface area (Å²) in [5.74, 6) is -1.16. The molecular formula is C20H24O7. The van der Waals surface area contributed by atoms with Crippen LogP contribution >= 0.6 is 0 Å². The Balaban J connectivity index is 1.73. The zero-order valence-corrected chi connectivity index (χ0v) is 15.8. The van der Waals surface area contributed by atoms with Gasteiger partial charge in [-0.1, -0.05) is 0 Å². The van der Waals surface area contributed by atoms with E-state index in [1.807, 2.05) is 13.8 Å². The predicted octanol–water partition coefficient (Wildman–Crippen LogP) is 2.55. The summed E-state index contributed by atoms with van der Waals surface area (Å²) in [6.07, 6.45) is 2.89. The average Bonchev–Trinajstić information content (AvgIpc) is 3.19. The lowest BCUT2D eigenvalue weighted by atomic mass is 9.81. The number of esters is 1. The van der Waals surface area contributed by atoms with E-state index in [1.54, 1.807) is 0 Å². The Kier molecular flexibility index (Phi) is 3.50. The number of ether oxygens (including phenoxy) is 5. The molecule has 7 heteroatoms. The van der Waals surface area contributed by atoms with E-state index < -0.39 is 17.5 Å². The van der Waals surface area contributed by atoms with Crippen LogP contribution in [0.5, 0.6) is 17.2 Å². The summed E-state index contributed by atoms with van der Waals surface area (Å²) in [6, 6.07) is 0. The Labute approximate surface area is 157 Å². The lowest BCUT2D eigenvalue weighted by Gasteiger charge is -2.41. The summed E-state index contributed by atoms with van der Waals surface area (Å²) in [4.78, 5) is 12.7. The number of hydrogen-bond acceptors (Lipinski definition) is 7. The highest BCUT2D eigenvalue weighted by atomic mass is 16.7. The second-order valence-corrected chi connectivity index (χ2v) is 8.14. The van der Waals surface area contributed by atoms with Crippen LogP contribution in [0.15, 0.2) is 0 Å². The molecule has 7 nitrogen and oxygen atoms in total. The van der Waals surface area contributed by atoms with Crippen LogP contribution in [0.1, 0.15) is 48.2 Å². The highest BCUT2D eigenvalue weighted by molar-refractivity contribution is 5.98. The molecule has 2 saturated heterocycles.